The summed E-state index contributed by atoms with van der Waals surface area (Å²) in [4.78, 5) is 14.6. The molecule has 4 rings (SSSR count). The van der Waals surface area contributed by atoms with Crippen LogP contribution in [0.5, 0.6) is 0 Å². The van der Waals surface area contributed by atoms with Crippen LogP contribution in [0.4, 0.5) is 5.69 Å². The third-order valence-corrected chi connectivity index (χ3v) is 5.45. The van der Waals surface area contributed by atoms with Gasteiger partial charge in [0.1, 0.15) is 5.60 Å². The highest BCUT2D eigenvalue weighted by Crippen LogP contribution is 2.42. The van der Waals surface area contributed by atoms with E-state index in [1.807, 2.05) is 43.3 Å². The molecule has 1 aliphatic rings. The van der Waals surface area contributed by atoms with Crippen LogP contribution in [0.2, 0.25) is 0 Å². The molecule has 0 aliphatic carbocycles. The fraction of sp³-hybridized carbons (Fsp3) is 0.192. The van der Waals surface area contributed by atoms with Crippen molar-refractivity contribution in [2.24, 2.45) is 0 Å². The number of benzene rings is 3. The van der Waals surface area contributed by atoms with Gasteiger partial charge in [-0.25, -0.2) is 0 Å². The molecule has 0 saturated carbocycles. The summed E-state index contributed by atoms with van der Waals surface area (Å²) < 4.78 is 0. The van der Waals surface area contributed by atoms with Crippen LogP contribution in [-0.2, 0) is 12.1 Å². The fourth-order valence-corrected chi connectivity index (χ4v) is 3.96. The van der Waals surface area contributed by atoms with E-state index in [0.717, 1.165) is 23.4 Å². The van der Waals surface area contributed by atoms with E-state index < -0.39 is 5.60 Å². The molecule has 3 heteroatoms. The van der Waals surface area contributed by atoms with Gasteiger partial charge in [0.25, 0.3) is 0 Å². The van der Waals surface area contributed by atoms with Crippen molar-refractivity contribution in [1.82, 2.24) is 0 Å². The second-order valence-electron chi connectivity index (χ2n) is 7.73. The predicted octanol–water partition coefficient (Wildman–Crippen LogP) is 5.03. The maximum Gasteiger partial charge on any atom is 0.185 e. The van der Waals surface area contributed by atoms with Gasteiger partial charge in [0.15, 0.2) is 5.78 Å². The molecule has 3 aromatic carbocycles. The number of anilines is 1. The van der Waals surface area contributed by atoms with Crippen molar-refractivity contribution in [3.8, 4) is 0 Å². The molecule has 0 aromatic heterocycles. The number of aryl methyl sites for hydroxylation is 1. The standard InChI is InChI=1S/C26H25NO2/c1-20-14-15-24-23(17-20)26(29,19-27(24)18-21-9-4-2-5-10-21)16-8-13-25(28)22-11-6-3-7-12-22/h2-15,17,29H,16,18-19H2,1H3/b13-8+/t26-/m0/s1. The average Bonchev–Trinajstić information content (AvgIpc) is 3.00. The van der Waals surface area contributed by atoms with Crippen LogP contribution >= 0.6 is 0 Å². The first-order chi connectivity index (χ1) is 14.0. The van der Waals surface area contributed by atoms with Gasteiger partial charge in [-0.1, -0.05) is 84.4 Å². The topological polar surface area (TPSA) is 40.5 Å². The van der Waals surface area contributed by atoms with Crippen molar-refractivity contribution in [3.63, 3.8) is 0 Å². The Labute approximate surface area is 171 Å². The average molecular weight is 383 g/mol. The van der Waals surface area contributed by atoms with Crippen molar-refractivity contribution in [2.75, 3.05) is 11.4 Å². The van der Waals surface area contributed by atoms with Crippen molar-refractivity contribution >= 4 is 11.5 Å². The molecule has 0 amide bonds. The van der Waals surface area contributed by atoms with Gasteiger partial charge in [-0.05, 0) is 24.6 Å². The van der Waals surface area contributed by atoms with Gasteiger partial charge in [-0.15, -0.1) is 0 Å². The lowest BCUT2D eigenvalue weighted by atomic mass is 9.91. The van der Waals surface area contributed by atoms with Gasteiger partial charge in [-0.2, -0.15) is 0 Å². The van der Waals surface area contributed by atoms with E-state index in [4.69, 9.17) is 0 Å². The molecule has 0 saturated heterocycles. The Balaban J connectivity index is 1.55. The first-order valence-electron chi connectivity index (χ1n) is 9.93. The molecular formula is C26H25NO2. The molecule has 0 bridgehead atoms. The summed E-state index contributed by atoms with van der Waals surface area (Å²) in [5.41, 5.74) is 3.97. The van der Waals surface area contributed by atoms with Crippen molar-refractivity contribution in [1.29, 1.82) is 0 Å². The van der Waals surface area contributed by atoms with Crippen molar-refractivity contribution < 1.29 is 9.90 Å². The summed E-state index contributed by atoms with van der Waals surface area (Å²) in [6.07, 6.45) is 3.77. The summed E-state index contributed by atoms with van der Waals surface area (Å²) in [5.74, 6) is -0.0437. The van der Waals surface area contributed by atoms with Crippen LogP contribution < -0.4 is 4.90 Å². The molecule has 0 spiro atoms. The molecule has 1 N–H and O–H groups in total. The zero-order valence-electron chi connectivity index (χ0n) is 16.6. The van der Waals surface area contributed by atoms with E-state index in [1.165, 1.54) is 5.56 Å². The Kier molecular flexibility index (Phi) is 5.32. The summed E-state index contributed by atoms with van der Waals surface area (Å²) >= 11 is 0. The van der Waals surface area contributed by atoms with Gasteiger partial charge in [0.05, 0.1) is 6.54 Å². The minimum Gasteiger partial charge on any atom is -0.383 e. The summed E-state index contributed by atoms with van der Waals surface area (Å²) in [6.45, 7) is 3.28. The van der Waals surface area contributed by atoms with Crippen LogP contribution in [0.25, 0.3) is 0 Å². The summed E-state index contributed by atoms with van der Waals surface area (Å²) in [5, 5.41) is 11.5. The number of hydrogen-bond acceptors (Lipinski definition) is 3. The maximum absolute atomic E-state index is 12.3. The van der Waals surface area contributed by atoms with E-state index in [9.17, 15) is 9.90 Å². The molecule has 1 heterocycles. The van der Waals surface area contributed by atoms with E-state index in [0.29, 0.717) is 18.5 Å². The third-order valence-electron chi connectivity index (χ3n) is 5.45. The number of hydrogen-bond donors (Lipinski definition) is 1. The number of carbonyl (C=O) groups is 1. The van der Waals surface area contributed by atoms with Crippen molar-refractivity contribution in [3.05, 3.63) is 113 Å². The highest BCUT2D eigenvalue weighted by atomic mass is 16.3. The normalized spacial score (nSPS) is 18.2. The van der Waals surface area contributed by atoms with Crippen LogP contribution in [0.15, 0.2) is 91.0 Å². The van der Waals surface area contributed by atoms with Gasteiger partial charge >= 0.3 is 0 Å². The lowest BCUT2D eigenvalue weighted by Gasteiger charge is -2.24. The molecule has 1 atom stereocenters. The van der Waals surface area contributed by atoms with Crippen LogP contribution in [-0.4, -0.2) is 17.4 Å². The number of rotatable bonds is 6. The number of carbonyl (C=O) groups excluding carboxylic acids is 1. The lowest BCUT2D eigenvalue weighted by Crippen LogP contribution is -2.32. The number of β-amino-alcohol motifs (C(OH)–C–C–N with tert-alkyl or cyclic N) is 1. The van der Waals surface area contributed by atoms with Gasteiger partial charge in [0, 0.05) is 29.8 Å². The smallest absolute Gasteiger partial charge is 0.185 e. The minimum absolute atomic E-state index is 0.0437. The Bertz CT molecular complexity index is 1030. The number of aliphatic hydroxyl groups is 1. The third kappa shape index (κ3) is 4.15. The molecule has 0 unspecified atom stereocenters. The Morgan fingerprint density at radius 2 is 1.72 bits per heavy atom. The molecule has 29 heavy (non-hydrogen) atoms. The first-order valence-corrected chi connectivity index (χ1v) is 9.93. The van der Waals surface area contributed by atoms with Crippen LogP contribution in [0.1, 0.15) is 33.5 Å². The number of ketones is 1. The summed E-state index contributed by atoms with van der Waals surface area (Å²) in [6, 6.07) is 25.7. The predicted molar refractivity (Wildman–Crippen MR) is 117 cm³/mol. The zero-order valence-corrected chi connectivity index (χ0v) is 16.6. The second kappa shape index (κ2) is 8.06. The van der Waals surface area contributed by atoms with Gasteiger partial charge in [0.2, 0.25) is 0 Å². The Morgan fingerprint density at radius 1 is 1.03 bits per heavy atom. The number of nitrogens with zero attached hydrogens (tertiary/aromatic N) is 1. The monoisotopic (exact) mass is 383 g/mol. The largest absolute Gasteiger partial charge is 0.383 e. The Morgan fingerprint density at radius 3 is 2.45 bits per heavy atom. The van der Waals surface area contributed by atoms with E-state index in [1.54, 1.807) is 24.3 Å². The fourth-order valence-electron chi connectivity index (χ4n) is 3.96. The first kappa shape index (κ1) is 19.2. The minimum atomic E-state index is -1.01. The molecule has 3 aromatic rings. The van der Waals surface area contributed by atoms with E-state index in [2.05, 4.69) is 35.2 Å². The van der Waals surface area contributed by atoms with Gasteiger partial charge < -0.3 is 10.0 Å². The second-order valence-corrected chi connectivity index (χ2v) is 7.73. The zero-order chi connectivity index (χ0) is 20.3. The molecule has 146 valence electrons. The number of fused-ring (bicyclic) bond motifs is 1. The quantitative estimate of drug-likeness (QED) is 0.479. The van der Waals surface area contributed by atoms with Gasteiger partial charge in [-0.3, -0.25) is 4.79 Å². The molecule has 0 radical (unpaired) electrons. The van der Waals surface area contributed by atoms with Crippen LogP contribution in [0.3, 0.4) is 0 Å². The van der Waals surface area contributed by atoms with E-state index in [-0.39, 0.29) is 5.78 Å². The molecule has 1 aliphatic heterocycles. The number of allylic oxidation sites excluding steroid dienone is 1. The highest BCUT2D eigenvalue weighted by Gasteiger charge is 2.40. The molecular weight excluding hydrogens is 358 g/mol. The Hall–Kier alpha value is -3.17. The molecule has 0 fully saturated rings. The summed E-state index contributed by atoms with van der Waals surface area (Å²) in [7, 11) is 0. The van der Waals surface area contributed by atoms with E-state index >= 15 is 0 Å². The van der Waals surface area contributed by atoms with Crippen LogP contribution in [0, 0.1) is 6.92 Å². The van der Waals surface area contributed by atoms with Crippen molar-refractivity contribution in [2.45, 2.75) is 25.5 Å². The molecule has 3 nitrogen and oxygen atoms in total. The lowest BCUT2D eigenvalue weighted by molar-refractivity contribution is 0.0565. The SMILES string of the molecule is Cc1ccc2c(c1)[C@](O)(C/C=C/C(=O)c1ccccc1)CN2Cc1ccccc1. The highest BCUT2D eigenvalue weighted by molar-refractivity contribution is 6.04. The maximum atomic E-state index is 12.3.